The van der Waals surface area contributed by atoms with Gasteiger partial charge in [-0.15, -0.1) is 0 Å². The van der Waals surface area contributed by atoms with Gasteiger partial charge in [0.05, 0.1) is 44.4 Å². The summed E-state index contributed by atoms with van der Waals surface area (Å²) in [5.74, 6) is -1.97. The fraction of sp³-hybridized carbons (Fsp3) is 0.700. The highest BCUT2D eigenvalue weighted by Crippen LogP contribution is 2.47. The molecule has 0 spiro atoms. The molecule has 2 aliphatic heterocycles. The molecule has 1 aromatic carbocycles. The maximum absolute atomic E-state index is 13.0. The van der Waals surface area contributed by atoms with Crippen LogP contribution in [-0.4, -0.2) is 151 Å². The predicted octanol–water partition coefficient (Wildman–Crippen LogP) is -3.37. The van der Waals surface area contributed by atoms with Crippen molar-refractivity contribution in [1.29, 1.82) is 0 Å². The topological polar surface area (TPSA) is 266 Å². The first kappa shape index (κ1) is 36.4. The summed E-state index contributed by atoms with van der Waals surface area (Å²) in [6, 6.07) is 6.47. The van der Waals surface area contributed by atoms with E-state index in [1.165, 1.54) is 18.4 Å². The third-order valence-electron chi connectivity index (χ3n) is 8.88. The van der Waals surface area contributed by atoms with Gasteiger partial charge in [-0.3, -0.25) is 0 Å². The van der Waals surface area contributed by atoms with E-state index in [0.717, 1.165) is 5.56 Å². The monoisotopic (exact) mass is 660 g/mol. The maximum Gasteiger partial charge on any atom is 0.337 e. The minimum Gasteiger partial charge on any atom is -0.508 e. The number of rotatable bonds is 14. The van der Waals surface area contributed by atoms with Gasteiger partial charge in [0.2, 0.25) is 6.29 Å². The van der Waals surface area contributed by atoms with Gasteiger partial charge in [0.25, 0.3) is 0 Å². The number of phenolic OH excluding ortho intramolecular Hbond substituents is 1. The molecule has 3 aliphatic rings. The number of phenols is 1. The molecule has 1 saturated carbocycles. The van der Waals surface area contributed by atoms with Crippen LogP contribution in [0.15, 0.2) is 36.1 Å². The van der Waals surface area contributed by atoms with Crippen LogP contribution in [0.1, 0.15) is 18.9 Å². The zero-order valence-electron chi connectivity index (χ0n) is 25.1. The molecule has 2 heterocycles. The number of esters is 1. The molecule has 1 unspecified atom stereocenters. The molecule has 16 heteroatoms. The molecule has 4 rings (SSSR count). The van der Waals surface area contributed by atoms with Crippen molar-refractivity contribution in [1.82, 2.24) is 0 Å². The first-order valence-corrected chi connectivity index (χ1v) is 15.1. The van der Waals surface area contributed by atoms with Crippen molar-refractivity contribution < 1.29 is 79.5 Å². The molecule has 14 atom stereocenters. The molecule has 1 aliphatic carbocycles. The number of fused-ring (bicyclic) bond motifs is 1. The number of carbonyl (C=O) groups excluding carboxylic acids is 1. The number of aromatic hydroxyl groups is 1. The van der Waals surface area contributed by atoms with Crippen molar-refractivity contribution in [2.75, 3.05) is 26.4 Å². The minimum atomic E-state index is -1.96. The second kappa shape index (κ2) is 16.1. The molecule has 260 valence electrons. The normalized spacial score (nSPS) is 35.3. The molecule has 10 N–H and O–H groups in total. The largest absolute Gasteiger partial charge is 0.508 e. The fourth-order valence-corrected chi connectivity index (χ4v) is 6.05. The van der Waals surface area contributed by atoms with Gasteiger partial charge in [-0.25, -0.2) is 4.79 Å². The maximum atomic E-state index is 13.0. The quantitative estimate of drug-likeness (QED) is 0.0873. The van der Waals surface area contributed by atoms with Crippen LogP contribution in [0.4, 0.5) is 0 Å². The first-order chi connectivity index (χ1) is 21.9. The number of carbonyl (C=O) groups is 1. The van der Waals surface area contributed by atoms with E-state index in [4.69, 9.17) is 23.7 Å². The van der Waals surface area contributed by atoms with E-state index in [1.54, 1.807) is 19.1 Å². The lowest BCUT2D eigenvalue weighted by molar-refractivity contribution is -0.328. The van der Waals surface area contributed by atoms with E-state index in [0.29, 0.717) is 6.42 Å². The Bertz CT molecular complexity index is 1150. The van der Waals surface area contributed by atoms with Crippen molar-refractivity contribution in [3.63, 3.8) is 0 Å². The third kappa shape index (κ3) is 8.15. The van der Waals surface area contributed by atoms with Crippen LogP contribution in [-0.2, 0) is 34.9 Å². The highest BCUT2D eigenvalue weighted by Gasteiger charge is 2.51. The number of benzene rings is 1. The van der Waals surface area contributed by atoms with Gasteiger partial charge in [-0.05, 0) is 30.0 Å². The lowest BCUT2D eigenvalue weighted by Gasteiger charge is -2.42. The summed E-state index contributed by atoms with van der Waals surface area (Å²) in [6.45, 7) is -0.504. The molecule has 2 fully saturated rings. The van der Waals surface area contributed by atoms with E-state index < -0.39 is 111 Å². The Morgan fingerprint density at radius 2 is 1.67 bits per heavy atom. The Kier molecular flexibility index (Phi) is 12.7. The van der Waals surface area contributed by atoms with Crippen LogP contribution in [0.3, 0.4) is 0 Å². The Morgan fingerprint density at radius 3 is 2.33 bits per heavy atom. The molecule has 0 bridgehead atoms. The molecule has 16 nitrogen and oxygen atoms in total. The van der Waals surface area contributed by atoms with Crippen LogP contribution in [0, 0.1) is 17.8 Å². The number of hydrogen-bond donors (Lipinski definition) is 10. The van der Waals surface area contributed by atoms with Gasteiger partial charge < -0.3 is 74.7 Å². The molecule has 1 aromatic rings. The zero-order chi connectivity index (χ0) is 33.7. The molecular weight excluding hydrogens is 616 g/mol. The lowest BCUT2D eigenvalue weighted by atomic mass is 9.83. The summed E-state index contributed by atoms with van der Waals surface area (Å²) < 4.78 is 27.6. The summed E-state index contributed by atoms with van der Waals surface area (Å²) >= 11 is 0. The second-order valence-corrected chi connectivity index (χ2v) is 11.9. The zero-order valence-corrected chi connectivity index (χ0v) is 25.1. The van der Waals surface area contributed by atoms with E-state index in [9.17, 15) is 55.9 Å². The molecule has 0 amide bonds. The van der Waals surface area contributed by atoms with Crippen molar-refractivity contribution in [3.05, 3.63) is 41.7 Å². The third-order valence-corrected chi connectivity index (χ3v) is 8.88. The summed E-state index contributed by atoms with van der Waals surface area (Å²) in [6.07, 6.45) is -15.9. The molecule has 0 aromatic heterocycles. The van der Waals surface area contributed by atoms with Gasteiger partial charge in [-0.2, -0.15) is 0 Å². The van der Waals surface area contributed by atoms with Crippen molar-refractivity contribution in [3.8, 4) is 5.75 Å². The Labute approximate surface area is 264 Å². The van der Waals surface area contributed by atoms with E-state index in [2.05, 4.69) is 0 Å². The number of aliphatic hydroxyl groups is 9. The molecular formula is C30H44O16. The van der Waals surface area contributed by atoms with Crippen molar-refractivity contribution >= 4 is 5.97 Å². The van der Waals surface area contributed by atoms with Gasteiger partial charge in [0, 0.05) is 18.3 Å². The molecule has 0 radical (unpaired) electrons. The highest BCUT2D eigenvalue weighted by molar-refractivity contribution is 5.89. The van der Waals surface area contributed by atoms with Gasteiger partial charge in [-0.1, -0.05) is 19.1 Å². The fourth-order valence-electron chi connectivity index (χ4n) is 6.05. The van der Waals surface area contributed by atoms with E-state index in [1.807, 2.05) is 0 Å². The Morgan fingerprint density at radius 1 is 0.978 bits per heavy atom. The minimum absolute atomic E-state index is 0.0620. The van der Waals surface area contributed by atoms with Crippen LogP contribution >= 0.6 is 0 Å². The Hall–Kier alpha value is -2.45. The highest BCUT2D eigenvalue weighted by atomic mass is 16.7. The number of ether oxygens (including phenoxy) is 5. The van der Waals surface area contributed by atoms with E-state index >= 15 is 0 Å². The summed E-state index contributed by atoms with van der Waals surface area (Å²) in [7, 11) is 0. The van der Waals surface area contributed by atoms with Crippen LogP contribution in [0.2, 0.25) is 0 Å². The summed E-state index contributed by atoms with van der Waals surface area (Å²) in [5, 5.41) is 101. The van der Waals surface area contributed by atoms with Crippen LogP contribution in [0.5, 0.6) is 5.75 Å². The predicted molar refractivity (Wildman–Crippen MR) is 152 cm³/mol. The first-order valence-electron chi connectivity index (χ1n) is 15.1. The smallest absolute Gasteiger partial charge is 0.337 e. The van der Waals surface area contributed by atoms with Crippen LogP contribution < -0.4 is 0 Å². The summed E-state index contributed by atoms with van der Waals surface area (Å²) in [4.78, 5) is 13.0. The van der Waals surface area contributed by atoms with Crippen LogP contribution in [0.25, 0.3) is 0 Å². The average Bonchev–Trinajstić information content (AvgIpc) is 3.35. The lowest BCUT2D eigenvalue weighted by Crippen LogP contribution is -2.61. The number of hydrogen-bond acceptors (Lipinski definition) is 16. The number of aliphatic hydroxyl groups excluding tert-OH is 9. The van der Waals surface area contributed by atoms with Gasteiger partial charge in [0.1, 0.15) is 54.6 Å². The SMILES string of the molecule is C[C@H]1C(O)C[C@@H]2C(C(=O)OCCc3ccc(O)cc3)=CO[C@@H](OC[C@@H](O)[C@H](O)[C@H](O[C@@H]3O[C@H](CO)[C@@H](O)[C@H](O)[C@H]3O)[C@H](O)CO)[C@@H]21. The van der Waals surface area contributed by atoms with Crippen molar-refractivity contribution in [2.45, 2.75) is 87.3 Å². The summed E-state index contributed by atoms with van der Waals surface area (Å²) in [5.41, 5.74) is 1.06. The average molecular weight is 661 g/mol. The standard InChI is InChI=1S/C30H44O16/c1-13-18(34)8-16-17(28(41)42-7-6-14-2-4-15(33)5-3-14)11-43-29(22(13)16)44-12-20(36)23(37)27(19(35)9-31)46-30-26(40)25(39)24(38)21(10-32)45-30/h2-5,11,13,16,18-27,29-40H,6-10,12H2,1H3/t13-,16+,18?,19+,20+,21+,22+,23-,24+,25-,26+,27+,29-,30-/m0/s1. The molecule has 46 heavy (non-hydrogen) atoms. The van der Waals surface area contributed by atoms with Crippen molar-refractivity contribution in [2.24, 2.45) is 17.8 Å². The van der Waals surface area contributed by atoms with E-state index in [-0.39, 0.29) is 24.4 Å². The van der Waals surface area contributed by atoms with Gasteiger partial charge in [0.15, 0.2) is 6.29 Å². The Balaban J connectivity index is 1.38. The second-order valence-electron chi connectivity index (χ2n) is 11.9. The van der Waals surface area contributed by atoms with Gasteiger partial charge >= 0.3 is 5.97 Å². The molecule has 1 saturated heterocycles.